The zero-order valence-electron chi connectivity index (χ0n) is 16.7. The molecule has 4 aromatic rings. The molecule has 0 saturated heterocycles. The second kappa shape index (κ2) is 9.37. The van der Waals surface area contributed by atoms with Gasteiger partial charge in [0.15, 0.2) is 5.13 Å². The van der Waals surface area contributed by atoms with E-state index >= 15 is 0 Å². The molecule has 1 aromatic heterocycles. The lowest BCUT2D eigenvalue weighted by atomic mass is 10.1. The van der Waals surface area contributed by atoms with E-state index in [1.807, 2.05) is 85.1 Å². The Balaban J connectivity index is 1.49. The van der Waals surface area contributed by atoms with Gasteiger partial charge in [-0.1, -0.05) is 66.7 Å². The number of thiazole rings is 1. The van der Waals surface area contributed by atoms with Crippen LogP contribution in [0, 0.1) is 6.92 Å². The van der Waals surface area contributed by atoms with Crippen LogP contribution in [0.4, 0.5) is 10.8 Å². The molecule has 4 nitrogen and oxygen atoms in total. The van der Waals surface area contributed by atoms with Crippen LogP contribution in [0.5, 0.6) is 5.75 Å². The molecule has 30 heavy (non-hydrogen) atoms. The van der Waals surface area contributed by atoms with Crippen LogP contribution >= 0.6 is 11.3 Å². The number of hydrogen-bond donors (Lipinski definition) is 0. The predicted octanol–water partition coefficient (Wildman–Crippen LogP) is 6.25. The summed E-state index contributed by atoms with van der Waals surface area (Å²) < 4.78 is 6.02. The van der Waals surface area contributed by atoms with Crippen LogP contribution in [0.3, 0.4) is 0 Å². The molecule has 0 aliphatic rings. The third-order valence-electron chi connectivity index (χ3n) is 4.61. The molecule has 0 spiro atoms. The number of para-hydroxylation sites is 2. The molecule has 0 aliphatic heterocycles. The van der Waals surface area contributed by atoms with Gasteiger partial charge < -0.3 is 4.74 Å². The van der Waals surface area contributed by atoms with Gasteiger partial charge in [0.05, 0.1) is 24.4 Å². The first kappa shape index (κ1) is 19.9. The minimum atomic E-state index is -0.0484. The van der Waals surface area contributed by atoms with Crippen LogP contribution in [0.25, 0.3) is 11.1 Å². The lowest BCUT2D eigenvalue weighted by molar-refractivity contribution is -0.118. The van der Waals surface area contributed by atoms with E-state index in [9.17, 15) is 4.79 Å². The van der Waals surface area contributed by atoms with E-state index in [-0.39, 0.29) is 18.9 Å². The summed E-state index contributed by atoms with van der Waals surface area (Å²) in [5.41, 5.74) is 3.81. The van der Waals surface area contributed by atoms with Crippen LogP contribution in [0.1, 0.15) is 12.1 Å². The smallest absolute Gasteiger partial charge is 0.236 e. The number of anilines is 2. The van der Waals surface area contributed by atoms with Crippen LogP contribution < -0.4 is 9.64 Å². The summed E-state index contributed by atoms with van der Waals surface area (Å²) in [6, 6.07) is 27.6. The Morgan fingerprint density at radius 2 is 1.60 bits per heavy atom. The highest BCUT2D eigenvalue weighted by atomic mass is 32.1. The van der Waals surface area contributed by atoms with Gasteiger partial charge in [0.2, 0.25) is 5.91 Å². The fraction of sp³-hybridized carbons (Fsp3) is 0.120. The Hall–Kier alpha value is -3.44. The maximum absolute atomic E-state index is 13.1. The van der Waals surface area contributed by atoms with Gasteiger partial charge in [0.25, 0.3) is 0 Å². The predicted molar refractivity (Wildman–Crippen MR) is 122 cm³/mol. The van der Waals surface area contributed by atoms with Crippen LogP contribution in [-0.2, 0) is 4.79 Å². The summed E-state index contributed by atoms with van der Waals surface area (Å²) in [6.07, 6.45) is 0.247. The zero-order chi connectivity index (χ0) is 20.8. The second-order valence-corrected chi connectivity index (χ2v) is 7.63. The Bertz CT molecular complexity index is 1110. The molecule has 0 bridgehead atoms. The minimum Gasteiger partial charge on any atom is -0.492 e. The van der Waals surface area contributed by atoms with Crippen molar-refractivity contribution in [3.8, 4) is 16.9 Å². The molecular weight excluding hydrogens is 392 g/mol. The standard InChI is InChI=1S/C25H22N2O2S/c1-19-18-30-25(26-19)27(21-12-6-3-7-13-21)24(28)16-17-29-23-15-9-8-14-22(23)20-10-4-2-5-11-20/h2-15,18H,16-17H2,1H3. The number of aromatic nitrogens is 1. The molecule has 0 fully saturated rings. The summed E-state index contributed by atoms with van der Waals surface area (Å²) in [4.78, 5) is 19.3. The van der Waals surface area contributed by atoms with E-state index in [1.165, 1.54) is 11.3 Å². The Labute approximate surface area is 180 Å². The van der Waals surface area contributed by atoms with Crippen molar-refractivity contribution >= 4 is 28.1 Å². The second-order valence-electron chi connectivity index (χ2n) is 6.80. The number of rotatable bonds is 7. The highest BCUT2D eigenvalue weighted by Crippen LogP contribution is 2.31. The summed E-state index contributed by atoms with van der Waals surface area (Å²) in [5, 5.41) is 2.62. The number of carbonyl (C=O) groups excluding carboxylic acids is 1. The van der Waals surface area contributed by atoms with Gasteiger partial charge in [0.1, 0.15) is 5.75 Å². The van der Waals surface area contributed by atoms with Crippen molar-refractivity contribution in [2.24, 2.45) is 0 Å². The Kier molecular flexibility index (Phi) is 6.20. The van der Waals surface area contributed by atoms with Crippen molar-refractivity contribution in [1.29, 1.82) is 0 Å². The van der Waals surface area contributed by atoms with E-state index in [1.54, 1.807) is 4.90 Å². The van der Waals surface area contributed by atoms with Gasteiger partial charge in [-0.2, -0.15) is 0 Å². The van der Waals surface area contributed by atoms with E-state index in [0.29, 0.717) is 5.13 Å². The van der Waals surface area contributed by atoms with Gasteiger partial charge >= 0.3 is 0 Å². The average molecular weight is 415 g/mol. The molecule has 0 saturated carbocycles. The van der Waals surface area contributed by atoms with Gasteiger partial charge in [-0.25, -0.2) is 4.98 Å². The molecule has 5 heteroatoms. The minimum absolute atomic E-state index is 0.0484. The molecule has 0 radical (unpaired) electrons. The number of benzene rings is 3. The van der Waals surface area contributed by atoms with Crippen LogP contribution in [0.15, 0.2) is 90.3 Å². The molecular formula is C25H22N2O2S. The summed E-state index contributed by atoms with van der Waals surface area (Å²) in [7, 11) is 0. The number of nitrogens with zero attached hydrogens (tertiary/aromatic N) is 2. The van der Waals surface area contributed by atoms with Crippen molar-refractivity contribution < 1.29 is 9.53 Å². The number of hydrogen-bond acceptors (Lipinski definition) is 4. The van der Waals surface area contributed by atoms with Crippen molar-refractivity contribution in [3.63, 3.8) is 0 Å². The molecule has 4 rings (SSSR count). The molecule has 1 amide bonds. The first-order valence-corrected chi connectivity index (χ1v) is 10.7. The summed E-state index contributed by atoms with van der Waals surface area (Å²) in [5.74, 6) is 0.723. The first-order chi connectivity index (χ1) is 14.7. The maximum Gasteiger partial charge on any atom is 0.236 e. The zero-order valence-corrected chi connectivity index (χ0v) is 17.5. The molecule has 1 heterocycles. The van der Waals surface area contributed by atoms with Crippen LogP contribution in [0.2, 0.25) is 0 Å². The fourth-order valence-corrected chi connectivity index (χ4v) is 4.03. The highest BCUT2D eigenvalue weighted by molar-refractivity contribution is 7.14. The average Bonchev–Trinajstić information content (AvgIpc) is 3.21. The lowest BCUT2D eigenvalue weighted by Gasteiger charge is -2.20. The van der Waals surface area contributed by atoms with Crippen molar-refractivity contribution in [2.45, 2.75) is 13.3 Å². The van der Waals surface area contributed by atoms with E-state index in [0.717, 1.165) is 28.3 Å². The largest absolute Gasteiger partial charge is 0.492 e. The molecule has 0 atom stereocenters. The van der Waals surface area contributed by atoms with E-state index in [4.69, 9.17) is 4.74 Å². The quantitative estimate of drug-likeness (QED) is 0.359. The number of carbonyl (C=O) groups is 1. The number of amides is 1. The summed E-state index contributed by atoms with van der Waals surface area (Å²) in [6.45, 7) is 2.22. The monoisotopic (exact) mass is 414 g/mol. The normalized spacial score (nSPS) is 10.6. The van der Waals surface area contributed by atoms with Gasteiger partial charge in [-0.05, 0) is 30.7 Å². The Morgan fingerprint density at radius 3 is 2.30 bits per heavy atom. The topological polar surface area (TPSA) is 42.4 Å². The maximum atomic E-state index is 13.1. The van der Waals surface area contributed by atoms with Gasteiger partial charge in [-0.3, -0.25) is 9.69 Å². The van der Waals surface area contributed by atoms with Gasteiger partial charge in [0, 0.05) is 10.9 Å². The fourth-order valence-electron chi connectivity index (χ4n) is 3.19. The van der Waals surface area contributed by atoms with Crippen LogP contribution in [-0.4, -0.2) is 17.5 Å². The number of aryl methyl sites for hydroxylation is 1. The first-order valence-electron chi connectivity index (χ1n) is 9.80. The molecule has 0 N–H and O–H groups in total. The molecule has 0 aliphatic carbocycles. The third kappa shape index (κ3) is 4.58. The van der Waals surface area contributed by atoms with E-state index < -0.39 is 0 Å². The van der Waals surface area contributed by atoms with Crippen molar-refractivity contribution in [1.82, 2.24) is 4.98 Å². The van der Waals surface area contributed by atoms with Crippen molar-refractivity contribution in [3.05, 3.63) is 96.0 Å². The molecule has 150 valence electrons. The summed E-state index contributed by atoms with van der Waals surface area (Å²) >= 11 is 1.46. The van der Waals surface area contributed by atoms with Crippen molar-refractivity contribution in [2.75, 3.05) is 11.5 Å². The SMILES string of the molecule is Cc1csc(N(C(=O)CCOc2ccccc2-c2ccccc2)c2ccccc2)n1. The van der Waals surface area contributed by atoms with Gasteiger partial charge in [-0.15, -0.1) is 11.3 Å². The highest BCUT2D eigenvalue weighted by Gasteiger charge is 2.21. The number of ether oxygens (including phenoxy) is 1. The van der Waals surface area contributed by atoms with E-state index in [2.05, 4.69) is 17.1 Å². The molecule has 3 aromatic carbocycles. The third-order valence-corrected chi connectivity index (χ3v) is 5.55. The Morgan fingerprint density at radius 1 is 0.933 bits per heavy atom. The lowest BCUT2D eigenvalue weighted by Crippen LogP contribution is -2.27. The molecule has 0 unspecified atom stereocenters.